The van der Waals surface area contributed by atoms with Crippen LogP contribution >= 0.6 is 0 Å². The van der Waals surface area contributed by atoms with E-state index in [1.54, 1.807) is 17.3 Å². The fourth-order valence-electron chi connectivity index (χ4n) is 3.81. The third-order valence-corrected chi connectivity index (χ3v) is 5.47. The smallest absolute Gasteiger partial charge is 0.246 e. The predicted octanol–water partition coefficient (Wildman–Crippen LogP) is -1.20. The van der Waals surface area contributed by atoms with Crippen molar-refractivity contribution >= 4 is 11.8 Å². The molecule has 25 heavy (non-hydrogen) atoms. The molecule has 1 N–H and O–H groups in total. The lowest BCUT2D eigenvalue weighted by molar-refractivity contribution is -0.138. The quantitative estimate of drug-likeness (QED) is 0.733. The lowest BCUT2D eigenvalue weighted by Crippen LogP contribution is -2.62. The van der Waals surface area contributed by atoms with Crippen LogP contribution in [0.25, 0.3) is 0 Å². The predicted molar refractivity (Wildman–Crippen MR) is 89.5 cm³/mol. The normalized spacial score (nSPS) is 25.4. The Labute approximate surface area is 147 Å². The number of β-amino-alcohol motifs (C(OH)–C–C–N with tert-alkyl or cyclic N) is 1. The summed E-state index contributed by atoms with van der Waals surface area (Å²) in [7, 11) is 2.07. The van der Waals surface area contributed by atoms with Gasteiger partial charge in [-0.05, 0) is 19.9 Å². The Morgan fingerprint density at radius 2 is 2.00 bits per heavy atom. The molecule has 3 rings (SSSR count). The SMILES string of the molecule is CN1CCN(C(=O)Cn2nccn2)CC12CCC(=O)N(CCO)CC2. The molecule has 0 radical (unpaired) electrons. The van der Waals surface area contributed by atoms with E-state index in [0.717, 1.165) is 19.4 Å². The van der Waals surface area contributed by atoms with Gasteiger partial charge in [0.1, 0.15) is 6.54 Å². The topological polar surface area (TPSA) is 94.8 Å². The van der Waals surface area contributed by atoms with Crippen LogP contribution in [-0.2, 0) is 16.1 Å². The molecule has 1 unspecified atom stereocenters. The highest BCUT2D eigenvalue weighted by atomic mass is 16.3. The summed E-state index contributed by atoms with van der Waals surface area (Å²) in [6, 6.07) is 0. The van der Waals surface area contributed by atoms with Gasteiger partial charge in [0.25, 0.3) is 0 Å². The van der Waals surface area contributed by atoms with E-state index in [0.29, 0.717) is 32.6 Å². The van der Waals surface area contributed by atoms with Crippen LogP contribution in [0.3, 0.4) is 0 Å². The number of aliphatic hydroxyl groups is 1. The molecular weight excluding hydrogens is 324 g/mol. The monoisotopic (exact) mass is 350 g/mol. The van der Waals surface area contributed by atoms with Crippen molar-refractivity contribution in [3.8, 4) is 0 Å². The molecule has 0 aromatic carbocycles. The number of hydrogen-bond donors (Lipinski definition) is 1. The molecule has 2 fully saturated rings. The van der Waals surface area contributed by atoms with Crippen molar-refractivity contribution in [2.24, 2.45) is 0 Å². The third kappa shape index (κ3) is 3.82. The van der Waals surface area contributed by atoms with E-state index < -0.39 is 0 Å². The first-order valence-corrected chi connectivity index (χ1v) is 8.76. The molecule has 0 saturated carbocycles. The van der Waals surface area contributed by atoms with Crippen molar-refractivity contribution in [3.05, 3.63) is 12.4 Å². The van der Waals surface area contributed by atoms with Crippen molar-refractivity contribution < 1.29 is 14.7 Å². The molecule has 1 spiro atoms. The maximum Gasteiger partial charge on any atom is 0.246 e. The second-order valence-electron chi connectivity index (χ2n) is 6.88. The minimum absolute atomic E-state index is 0.00598. The van der Waals surface area contributed by atoms with Gasteiger partial charge in [-0.25, -0.2) is 0 Å². The van der Waals surface area contributed by atoms with Gasteiger partial charge in [0.15, 0.2) is 0 Å². The van der Waals surface area contributed by atoms with Crippen LogP contribution in [0.2, 0.25) is 0 Å². The van der Waals surface area contributed by atoms with Gasteiger partial charge < -0.3 is 14.9 Å². The lowest BCUT2D eigenvalue weighted by atomic mass is 9.86. The van der Waals surface area contributed by atoms with Crippen molar-refractivity contribution in [1.29, 1.82) is 0 Å². The van der Waals surface area contributed by atoms with Gasteiger partial charge in [-0.2, -0.15) is 15.0 Å². The van der Waals surface area contributed by atoms with Crippen molar-refractivity contribution in [2.45, 2.75) is 31.3 Å². The molecular formula is C16H26N6O3. The van der Waals surface area contributed by atoms with Gasteiger partial charge in [0, 0.05) is 44.7 Å². The molecule has 2 aliphatic rings. The summed E-state index contributed by atoms with van der Waals surface area (Å²) in [4.78, 5) is 32.2. The Morgan fingerprint density at radius 1 is 1.24 bits per heavy atom. The molecule has 1 atom stereocenters. The van der Waals surface area contributed by atoms with Gasteiger partial charge in [-0.1, -0.05) is 0 Å². The number of likely N-dealkylation sites (tertiary alicyclic amines) is 1. The zero-order chi connectivity index (χ0) is 17.9. The maximum atomic E-state index is 12.6. The largest absolute Gasteiger partial charge is 0.395 e. The van der Waals surface area contributed by atoms with Crippen molar-refractivity contribution in [3.63, 3.8) is 0 Å². The molecule has 3 heterocycles. The molecule has 2 aliphatic heterocycles. The summed E-state index contributed by atoms with van der Waals surface area (Å²) in [6.45, 7) is 3.19. The van der Waals surface area contributed by atoms with Crippen LogP contribution < -0.4 is 0 Å². The van der Waals surface area contributed by atoms with Crippen LogP contribution in [0.5, 0.6) is 0 Å². The number of aromatic nitrogens is 3. The zero-order valence-corrected chi connectivity index (χ0v) is 14.7. The Kier molecular flexibility index (Phi) is 5.33. The summed E-state index contributed by atoms with van der Waals surface area (Å²) in [5.74, 6) is 0.0926. The first-order valence-electron chi connectivity index (χ1n) is 8.76. The molecule has 1 aromatic heterocycles. The number of piperazine rings is 1. The molecule has 0 aliphatic carbocycles. The maximum absolute atomic E-state index is 12.6. The molecule has 2 saturated heterocycles. The highest BCUT2D eigenvalue weighted by Gasteiger charge is 2.43. The number of nitrogens with zero attached hydrogens (tertiary/aromatic N) is 6. The van der Waals surface area contributed by atoms with E-state index in [1.807, 2.05) is 4.90 Å². The first-order chi connectivity index (χ1) is 12.0. The molecule has 9 heteroatoms. The Hall–Kier alpha value is -2.00. The lowest BCUT2D eigenvalue weighted by Gasteiger charge is -2.49. The number of amides is 2. The number of rotatable bonds is 4. The first kappa shape index (κ1) is 17.8. The Bertz CT molecular complexity index is 607. The van der Waals surface area contributed by atoms with Gasteiger partial charge in [-0.15, -0.1) is 0 Å². The Balaban J connectivity index is 1.69. The molecule has 9 nitrogen and oxygen atoms in total. The molecule has 0 bridgehead atoms. The van der Waals surface area contributed by atoms with Crippen molar-refractivity contribution in [1.82, 2.24) is 29.7 Å². The van der Waals surface area contributed by atoms with E-state index >= 15 is 0 Å². The second-order valence-corrected chi connectivity index (χ2v) is 6.88. The van der Waals surface area contributed by atoms with Crippen LogP contribution in [0.15, 0.2) is 12.4 Å². The van der Waals surface area contributed by atoms with E-state index in [4.69, 9.17) is 5.11 Å². The number of aliphatic hydroxyl groups excluding tert-OH is 1. The number of likely N-dealkylation sites (N-methyl/N-ethyl adjacent to an activating group) is 1. The number of carbonyl (C=O) groups is 2. The summed E-state index contributed by atoms with van der Waals surface area (Å²) in [5, 5.41) is 17.1. The molecule has 1 aromatic rings. The summed E-state index contributed by atoms with van der Waals surface area (Å²) < 4.78 is 0. The standard InChI is InChI=1S/C16H26N6O3/c1-19-8-9-21(15(25)12-22-17-5-6-18-22)13-16(19)3-2-14(24)20(7-4-16)10-11-23/h5-6,23H,2-4,7-13H2,1H3. The van der Waals surface area contributed by atoms with Crippen molar-refractivity contribution in [2.75, 3.05) is 46.4 Å². The fourth-order valence-corrected chi connectivity index (χ4v) is 3.81. The third-order valence-electron chi connectivity index (χ3n) is 5.47. The second kappa shape index (κ2) is 7.49. The van der Waals surface area contributed by atoms with E-state index in [1.165, 1.54) is 4.80 Å². The van der Waals surface area contributed by atoms with Crippen LogP contribution in [-0.4, -0.2) is 98.5 Å². The van der Waals surface area contributed by atoms with Gasteiger partial charge >= 0.3 is 0 Å². The summed E-state index contributed by atoms with van der Waals surface area (Å²) in [6.07, 6.45) is 5.11. The summed E-state index contributed by atoms with van der Waals surface area (Å²) in [5.41, 5.74) is -0.189. The Morgan fingerprint density at radius 3 is 2.72 bits per heavy atom. The van der Waals surface area contributed by atoms with E-state index in [9.17, 15) is 9.59 Å². The van der Waals surface area contributed by atoms with Crippen LogP contribution in [0.4, 0.5) is 0 Å². The number of hydrogen-bond acceptors (Lipinski definition) is 6. The molecule has 2 amide bonds. The minimum Gasteiger partial charge on any atom is -0.395 e. The highest BCUT2D eigenvalue weighted by Crippen LogP contribution is 2.32. The van der Waals surface area contributed by atoms with E-state index in [-0.39, 0.29) is 30.5 Å². The zero-order valence-electron chi connectivity index (χ0n) is 14.7. The fraction of sp³-hybridized carbons (Fsp3) is 0.750. The molecule has 138 valence electrons. The van der Waals surface area contributed by atoms with Gasteiger partial charge in [0.05, 0.1) is 19.0 Å². The van der Waals surface area contributed by atoms with Gasteiger partial charge in [-0.3, -0.25) is 14.5 Å². The number of carbonyl (C=O) groups excluding carboxylic acids is 2. The average molecular weight is 350 g/mol. The average Bonchev–Trinajstić information content (AvgIpc) is 3.06. The van der Waals surface area contributed by atoms with Crippen LogP contribution in [0, 0.1) is 0 Å². The summed E-state index contributed by atoms with van der Waals surface area (Å²) >= 11 is 0. The van der Waals surface area contributed by atoms with Gasteiger partial charge in [0.2, 0.25) is 11.8 Å². The van der Waals surface area contributed by atoms with E-state index in [2.05, 4.69) is 22.1 Å². The minimum atomic E-state index is -0.189. The highest BCUT2D eigenvalue weighted by molar-refractivity contribution is 5.77. The van der Waals surface area contributed by atoms with Crippen LogP contribution in [0.1, 0.15) is 19.3 Å².